The zero-order valence-corrected chi connectivity index (χ0v) is 18.4. The third-order valence-corrected chi connectivity index (χ3v) is 5.25. The molecule has 0 aromatic heterocycles. The van der Waals surface area contributed by atoms with Crippen LogP contribution in [0.1, 0.15) is 103 Å². The van der Waals surface area contributed by atoms with Crippen LogP contribution in [0, 0.1) is 0 Å². The van der Waals surface area contributed by atoms with Gasteiger partial charge in [-0.2, -0.15) is 0 Å². The van der Waals surface area contributed by atoms with Crippen LogP contribution >= 0.6 is 12.4 Å². The highest BCUT2D eigenvalue weighted by atomic mass is 35.5. The molecule has 0 aliphatic heterocycles. The van der Waals surface area contributed by atoms with Gasteiger partial charge in [-0.3, -0.25) is 9.59 Å². The van der Waals surface area contributed by atoms with Gasteiger partial charge in [0.1, 0.15) is 5.78 Å². The van der Waals surface area contributed by atoms with Crippen molar-refractivity contribution in [2.75, 3.05) is 6.61 Å². The van der Waals surface area contributed by atoms with Crippen molar-refractivity contribution < 1.29 is 24.9 Å². The van der Waals surface area contributed by atoms with E-state index in [1.165, 1.54) is 19.3 Å². The largest absolute Gasteiger partial charge is 0.480 e. The Hall–Kier alpha value is -0.690. The Morgan fingerprint density at radius 2 is 1.29 bits per heavy atom. The topological polar surface area (TPSA) is 121 Å². The van der Waals surface area contributed by atoms with E-state index in [1.54, 1.807) is 0 Å². The molecule has 0 aromatic rings. The minimum Gasteiger partial charge on any atom is -0.480 e. The fourth-order valence-electron chi connectivity index (χ4n) is 3.17. The first-order valence-corrected chi connectivity index (χ1v) is 10.7. The predicted octanol–water partition coefficient (Wildman–Crippen LogP) is 3.98. The number of rotatable bonds is 19. The van der Waals surface area contributed by atoms with Crippen molar-refractivity contribution in [3.05, 3.63) is 0 Å². The molecule has 6 nitrogen and oxygen atoms in total. The zero-order valence-electron chi connectivity index (χ0n) is 17.5. The van der Waals surface area contributed by atoms with Crippen LogP contribution in [0.2, 0.25) is 0 Å². The Labute approximate surface area is 176 Å². The van der Waals surface area contributed by atoms with E-state index in [9.17, 15) is 14.7 Å². The van der Waals surface area contributed by atoms with Crippen molar-refractivity contribution >= 4 is 24.2 Å². The molecule has 168 valence electrons. The summed E-state index contributed by atoms with van der Waals surface area (Å²) in [5.41, 5.74) is 3.57. The van der Waals surface area contributed by atoms with E-state index >= 15 is 0 Å². The molecule has 7 heteroatoms. The van der Waals surface area contributed by atoms with Crippen LogP contribution in [0.4, 0.5) is 0 Å². The Morgan fingerprint density at radius 1 is 0.857 bits per heavy atom. The number of hydrogen-bond acceptors (Lipinski definition) is 5. The number of aliphatic hydroxyl groups is 2. The highest BCUT2D eigenvalue weighted by Gasteiger charge is 2.40. The van der Waals surface area contributed by atoms with Crippen molar-refractivity contribution in [3.63, 3.8) is 0 Å². The predicted molar refractivity (Wildman–Crippen MR) is 115 cm³/mol. The summed E-state index contributed by atoms with van der Waals surface area (Å²) in [6, 6.07) is 0. The molecule has 0 heterocycles. The van der Waals surface area contributed by atoms with Crippen LogP contribution in [0.25, 0.3) is 0 Å². The molecule has 0 aliphatic carbocycles. The second-order valence-corrected chi connectivity index (χ2v) is 7.74. The van der Waals surface area contributed by atoms with Crippen molar-refractivity contribution in [1.82, 2.24) is 0 Å². The van der Waals surface area contributed by atoms with Gasteiger partial charge in [0.15, 0.2) is 5.54 Å². The molecule has 0 aromatic carbocycles. The third kappa shape index (κ3) is 13.5. The van der Waals surface area contributed by atoms with E-state index in [0.717, 1.165) is 64.2 Å². The maximum absolute atomic E-state index is 11.7. The highest BCUT2D eigenvalue weighted by Crippen LogP contribution is 2.16. The highest BCUT2D eigenvalue weighted by molar-refractivity contribution is 5.85. The molecule has 0 rings (SSSR count). The van der Waals surface area contributed by atoms with Crippen LogP contribution < -0.4 is 5.73 Å². The lowest BCUT2D eigenvalue weighted by Gasteiger charge is -2.27. The van der Waals surface area contributed by atoms with Gasteiger partial charge >= 0.3 is 5.97 Å². The number of hydrogen-bond donors (Lipinski definition) is 4. The van der Waals surface area contributed by atoms with E-state index in [1.807, 2.05) is 0 Å². The molecule has 28 heavy (non-hydrogen) atoms. The zero-order chi connectivity index (χ0) is 20.5. The van der Waals surface area contributed by atoms with Crippen LogP contribution in [0.5, 0.6) is 0 Å². The van der Waals surface area contributed by atoms with Gasteiger partial charge < -0.3 is 21.1 Å². The van der Waals surface area contributed by atoms with Crippen molar-refractivity contribution in [3.8, 4) is 0 Å². The SMILES string of the molecule is CCCCCCC(=O)CCCCCCCCCC[C@@H](O)[C@@](N)(CO)C(=O)O.Cl. The first-order chi connectivity index (χ1) is 12.9. The molecule has 0 unspecified atom stereocenters. The number of aliphatic hydroxyl groups excluding tert-OH is 2. The number of Topliss-reactive ketones (excluding diaryl/α,β-unsaturated/α-hetero) is 1. The third-order valence-electron chi connectivity index (χ3n) is 5.25. The Kier molecular flexibility index (Phi) is 19.3. The van der Waals surface area contributed by atoms with E-state index in [4.69, 9.17) is 15.9 Å². The Balaban J connectivity index is 0. The second-order valence-electron chi connectivity index (χ2n) is 7.74. The number of aliphatic carboxylic acids is 1. The summed E-state index contributed by atoms with van der Waals surface area (Å²) in [6.45, 7) is 1.40. The first kappa shape index (κ1) is 29.5. The van der Waals surface area contributed by atoms with Crippen LogP contribution in [-0.2, 0) is 9.59 Å². The van der Waals surface area contributed by atoms with E-state index < -0.39 is 24.2 Å². The normalized spacial score (nSPS) is 14.1. The molecule has 0 saturated heterocycles. The summed E-state index contributed by atoms with van der Waals surface area (Å²) in [4.78, 5) is 22.7. The van der Waals surface area contributed by atoms with Gasteiger partial charge in [0.05, 0.1) is 12.7 Å². The first-order valence-electron chi connectivity index (χ1n) is 10.7. The lowest BCUT2D eigenvalue weighted by molar-refractivity contribution is -0.150. The number of carboxylic acids is 1. The fourth-order valence-corrected chi connectivity index (χ4v) is 3.17. The maximum atomic E-state index is 11.7. The number of carbonyl (C=O) groups excluding carboxylic acids is 1. The number of halogens is 1. The molecule has 0 radical (unpaired) electrons. The van der Waals surface area contributed by atoms with E-state index in [-0.39, 0.29) is 18.8 Å². The number of carboxylic acid groups (broad SMARTS) is 1. The van der Waals surface area contributed by atoms with Gasteiger partial charge in [0.2, 0.25) is 0 Å². The number of ketones is 1. The fraction of sp³-hybridized carbons (Fsp3) is 0.905. The van der Waals surface area contributed by atoms with Gasteiger partial charge in [0.25, 0.3) is 0 Å². The molecule has 2 atom stereocenters. The molecule has 5 N–H and O–H groups in total. The summed E-state index contributed by atoms with van der Waals surface area (Å²) >= 11 is 0. The summed E-state index contributed by atoms with van der Waals surface area (Å²) in [7, 11) is 0. The molecule has 0 amide bonds. The molecular weight excluding hydrogens is 382 g/mol. The average molecular weight is 424 g/mol. The monoisotopic (exact) mass is 423 g/mol. The lowest BCUT2D eigenvalue weighted by Crippen LogP contribution is -2.60. The standard InChI is InChI=1S/C21H41NO5.ClH/c1-2-3-4-11-14-18(24)15-12-9-7-5-6-8-10-13-16-19(25)21(22,17-23)20(26)27;/h19,23,25H,2-17,22H2,1H3,(H,26,27);1H/t19-,21+;/m1./s1. The van der Waals surface area contributed by atoms with Crippen molar-refractivity contribution in [2.45, 2.75) is 115 Å². The average Bonchev–Trinajstić information content (AvgIpc) is 2.65. The molecule has 0 bridgehead atoms. The van der Waals surface area contributed by atoms with Gasteiger partial charge in [-0.15, -0.1) is 12.4 Å². The maximum Gasteiger partial charge on any atom is 0.328 e. The Bertz CT molecular complexity index is 408. The summed E-state index contributed by atoms with van der Waals surface area (Å²) in [6.07, 6.45) is 13.3. The van der Waals surface area contributed by atoms with Gasteiger partial charge in [0, 0.05) is 12.8 Å². The Morgan fingerprint density at radius 3 is 1.71 bits per heavy atom. The molecular formula is C21H42ClNO5. The molecule has 0 spiro atoms. The summed E-state index contributed by atoms with van der Waals surface area (Å²) in [5, 5.41) is 27.9. The van der Waals surface area contributed by atoms with Gasteiger partial charge in [-0.05, 0) is 19.3 Å². The van der Waals surface area contributed by atoms with Crippen molar-refractivity contribution in [2.24, 2.45) is 5.73 Å². The minimum atomic E-state index is -1.96. The van der Waals surface area contributed by atoms with Gasteiger partial charge in [-0.1, -0.05) is 71.1 Å². The number of nitrogens with two attached hydrogens (primary N) is 1. The van der Waals surface area contributed by atoms with Crippen LogP contribution in [-0.4, -0.2) is 45.3 Å². The van der Waals surface area contributed by atoms with Crippen LogP contribution in [0.15, 0.2) is 0 Å². The van der Waals surface area contributed by atoms with E-state index in [2.05, 4.69) is 6.92 Å². The lowest BCUT2D eigenvalue weighted by atomic mass is 9.90. The summed E-state index contributed by atoms with van der Waals surface area (Å²) < 4.78 is 0. The van der Waals surface area contributed by atoms with E-state index in [0.29, 0.717) is 12.2 Å². The number of carbonyl (C=O) groups is 2. The van der Waals surface area contributed by atoms with Gasteiger partial charge in [-0.25, -0.2) is 0 Å². The quantitative estimate of drug-likeness (QED) is 0.233. The van der Waals surface area contributed by atoms with Crippen molar-refractivity contribution in [1.29, 1.82) is 0 Å². The second kappa shape index (κ2) is 18.3. The molecule has 0 fully saturated rings. The minimum absolute atomic E-state index is 0. The van der Waals surface area contributed by atoms with Crippen LogP contribution in [0.3, 0.4) is 0 Å². The molecule has 0 saturated carbocycles. The summed E-state index contributed by atoms with van der Waals surface area (Å²) in [5.74, 6) is -0.971. The molecule has 0 aliphatic rings. The smallest absolute Gasteiger partial charge is 0.328 e. The number of unbranched alkanes of at least 4 members (excludes halogenated alkanes) is 10.